The van der Waals surface area contributed by atoms with Crippen LogP contribution in [0.15, 0.2) is 18.2 Å². The summed E-state index contributed by atoms with van der Waals surface area (Å²) in [5.41, 5.74) is -0.824. The van der Waals surface area contributed by atoms with Gasteiger partial charge in [-0.2, -0.15) is 8.42 Å². The van der Waals surface area contributed by atoms with Gasteiger partial charge in [-0.1, -0.05) is 0 Å². The van der Waals surface area contributed by atoms with E-state index >= 15 is 0 Å². The maximum absolute atomic E-state index is 12.4. The van der Waals surface area contributed by atoms with Gasteiger partial charge in [0, 0.05) is 11.6 Å². The molecule has 2 aromatic rings. The number of Topliss-reactive ketones (excluding diaryl/α,β-unsaturated/α-hetero) is 1. The number of hydrogen-bond acceptors (Lipinski definition) is 11. The number of aliphatic hydroxyl groups excluding tert-OH is 1. The molecule has 13 heteroatoms. The monoisotopic (exact) mass is 416 g/mol. The molecule has 0 amide bonds. The highest BCUT2D eigenvalue weighted by molar-refractivity contribution is 7.81. The average molecular weight is 416 g/mol. The van der Waals surface area contributed by atoms with Crippen molar-refractivity contribution in [2.75, 3.05) is 0 Å². The second-order valence-corrected chi connectivity index (χ2v) is 6.74. The Morgan fingerprint density at radius 2 is 1.50 bits per heavy atom. The molecule has 0 aliphatic carbocycles. The van der Waals surface area contributed by atoms with Gasteiger partial charge in [-0.05, 0) is 12.1 Å². The molecule has 2 unspecified atom stereocenters. The molecule has 0 bridgehead atoms. The molecule has 3 rings (SSSR count). The number of carbonyl (C=O) groups is 1. The van der Waals surface area contributed by atoms with Crippen LogP contribution in [-0.2, 0) is 10.4 Å². The molecule has 0 fully saturated rings. The van der Waals surface area contributed by atoms with E-state index in [1.807, 2.05) is 0 Å². The molecule has 12 nitrogen and oxygen atoms in total. The summed E-state index contributed by atoms with van der Waals surface area (Å²) in [6, 6.07) is 2.37. The molecular weight excluding hydrogens is 404 g/mol. The van der Waals surface area contributed by atoms with Crippen molar-refractivity contribution in [2.45, 2.75) is 12.2 Å². The van der Waals surface area contributed by atoms with E-state index in [2.05, 4.69) is 4.18 Å². The van der Waals surface area contributed by atoms with Crippen molar-refractivity contribution in [2.24, 2.45) is 0 Å². The Labute approximate surface area is 156 Å². The van der Waals surface area contributed by atoms with Crippen LogP contribution < -0.4 is 8.92 Å². The number of phenols is 5. The van der Waals surface area contributed by atoms with Crippen molar-refractivity contribution in [3.8, 4) is 40.2 Å². The normalized spacial score (nSPS) is 19.0. The first kappa shape index (κ1) is 19.3. The second-order valence-electron chi connectivity index (χ2n) is 5.71. The zero-order valence-corrected chi connectivity index (χ0v) is 14.3. The van der Waals surface area contributed by atoms with Gasteiger partial charge in [0.25, 0.3) is 0 Å². The number of phenolic OH excluding ortho intramolecular Hbond substituents is 5. The maximum atomic E-state index is 12.4. The van der Waals surface area contributed by atoms with Crippen molar-refractivity contribution in [1.29, 1.82) is 0 Å². The molecule has 1 aliphatic heterocycles. The van der Waals surface area contributed by atoms with Gasteiger partial charge in [0.05, 0.1) is 0 Å². The Bertz CT molecular complexity index is 1070. The van der Waals surface area contributed by atoms with Crippen molar-refractivity contribution in [3.63, 3.8) is 0 Å². The minimum Gasteiger partial charge on any atom is -0.504 e. The topological polar surface area (TPSA) is 211 Å². The molecule has 150 valence electrons. The summed E-state index contributed by atoms with van der Waals surface area (Å²) in [5, 5.41) is 58.8. The summed E-state index contributed by atoms with van der Waals surface area (Å²) < 4.78 is 39.5. The van der Waals surface area contributed by atoms with Crippen LogP contribution in [-0.4, -0.2) is 55.5 Å². The first-order valence-electron chi connectivity index (χ1n) is 7.30. The molecule has 2 aromatic carbocycles. The van der Waals surface area contributed by atoms with E-state index < -0.39 is 74.2 Å². The molecule has 1 heterocycles. The van der Waals surface area contributed by atoms with Crippen LogP contribution >= 0.6 is 0 Å². The number of carbonyl (C=O) groups excluding carboxylic acids is 1. The van der Waals surface area contributed by atoms with E-state index in [1.165, 1.54) is 0 Å². The predicted molar refractivity (Wildman–Crippen MR) is 87.1 cm³/mol. The van der Waals surface area contributed by atoms with Crippen LogP contribution in [0.1, 0.15) is 22.0 Å². The van der Waals surface area contributed by atoms with Gasteiger partial charge in [0.15, 0.2) is 35.2 Å². The molecule has 0 aromatic heterocycles. The fraction of sp³-hybridized carbons (Fsp3) is 0.133. The van der Waals surface area contributed by atoms with Gasteiger partial charge in [0.2, 0.25) is 17.3 Å². The highest BCUT2D eigenvalue weighted by Gasteiger charge is 2.41. The Kier molecular flexibility index (Phi) is 4.37. The van der Waals surface area contributed by atoms with Gasteiger partial charge in [0.1, 0.15) is 11.3 Å². The molecule has 28 heavy (non-hydrogen) atoms. The fourth-order valence-electron chi connectivity index (χ4n) is 2.66. The third-order valence-electron chi connectivity index (χ3n) is 3.86. The van der Waals surface area contributed by atoms with Gasteiger partial charge in [-0.15, -0.1) is 0 Å². The molecular formula is C15H12O12S. The lowest BCUT2D eigenvalue weighted by Crippen LogP contribution is -2.36. The third-order valence-corrected chi connectivity index (χ3v) is 4.24. The minimum absolute atomic E-state index is 0.226. The van der Waals surface area contributed by atoms with E-state index in [-0.39, 0.29) is 5.56 Å². The van der Waals surface area contributed by atoms with Gasteiger partial charge in [-0.3, -0.25) is 9.35 Å². The van der Waals surface area contributed by atoms with Crippen LogP contribution in [0.5, 0.6) is 40.2 Å². The van der Waals surface area contributed by atoms with Crippen molar-refractivity contribution >= 4 is 16.2 Å². The van der Waals surface area contributed by atoms with Crippen LogP contribution in [0.25, 0.3) is 0 Å². The predicted octanol–water partition coefficient (Wildman–Crippen LogP) is 0.0735. The first-order valence-corrected chi connectivity index (χ1v) is 8.66. The number of hydrogen-bond donors (Lipinski definition) is 7. The van der Waals surface area contributed by atoms with Crippen molar-refractivity contribution in [1.82, 2.24) is 0 Å². The van der Waals surface area contributed by atoms with Crippen molar-refractivity contribution in [3.05, 3.63) is 29.3 Å². The lowest BCUT2D eigenvalue weighted by Gasteiger charge is -2.30. The Morgan fingerprint density at radius 3 is 2.04 bits per heavy atom. The quantitative estimate of drug-likeness (QED) is 0.262. The van der Waals surface area contributed by atoms with Gasteiger partial charge in [-0.25, -0.2) is 0 Å². The zero-order chi connectivity index (χ0) is 21.0. The van der Waals surface area contributed by atoms with E-state index in [0.29, 0.717) is 0 Å². The summed E-state index contributed by atoms with van der Waals surface area (Å²) in [4.78, 5) is 12.4. The summed E-state index contributed by atoms with van der Waals surface area (Å²) in [6.07, 6.45) is -3.55. The smallest absolute Gasteiger partial charge is 0.446 e. The van der Waals surface area contributed by atoms with E-state index in [4.69, 9.17) is 9.29 Å². The van der Waals surface area contributed by atoms with E-state index in [0.717, 1.165) is 18.2 Å². The number of aromatic hydroxyl groups is 5. The van der Waals surface area contributed by atoms with Crippen LogP contribution in [0.3, 0.4) is 0 Å². The lowest BCUT2D eigenvalue weighted by atomic mass is 9.92. The fourth-order valence-corrected chi connectivity index (χ4v) is 3.05. The third kappa shape index (κ3) is 3.17. The highest BCUT2D eigenvalue weighted by atomic mass is 32.3. The van der Waals surface area contributed by atoms with Gasteiger partial charge < -0.3 is 39.6 Å². The average Bonchev–Trinajstić information content (AvgIpc) is 2.58. The molecule has 0 spiro atoms. The minimum atomic E-state index is -5.07. The number of rotatable bonds is 3. The second kappa shape index (κ2) is 6.33. The Balaban J connectivity index is 2.07. The summed E-state index contributed by atoms with van der Waals surface area (Å²) in [6.45, 7) is 0. The maximum Gasteiger partial charge on any atom is 0.446 e. The molecule has 0 saturated heterocycles. The van der Waals surface area contributed by atoms with Crippen molar-refractivity contribution < 1.29 is 57.3 Å². The molecule has 0 saturated carbocycles. The molecule has 7 N–H and O–H groups in total. The standard InChI is InChI=1S/C15H12O12S/c16-5-3-8-9(11(20)10(5)19)12(21)13(22)14(26-8)4-1-6(17)15(7(18)2-4)27-28(23,24)25/h1-3,13-14,16-20,22H,(H,23,24,25). The lowest BCUT2D eigenvalue weighted by molar-refractivity contribution is 0.0208. The Morgan fingerprint density at radius 1 is 0.929 bits per heavy atom. The molecule has 0 radical (unpaired) electrons. The first-order chi connectivity index (χ1) is 12.9. The number of ketones is 1. The Hall–Kier alpha value is -3.42. The highest BCUT2D eigenvalue weighted by Crippen LogP contribution is 2.49. The van der Waals surface area contributed by atoms with E-state index in [1.54, 1.807) is 0 Å². The number of ether oxygens (including phenoxy) is 1. The summed E-state index contributed by atoms with van der Waals surface area (Å²) in [7, 11) is -5.07. The largest absolute Gasteiger partial charge is 0.504 e. The number of fused-ring (bicyclic) bond motifs is 1. The molecule has 1 aliphatic rings. The number of benzene rings is 2. The van der Waals surface area contributed by atoms with Crippen LogP contribution in [0.2, 0.25) is 0 Å². The zero-order valence-electron chi connectivity index (χ0n) is 13.5. The summed E-state index contributed by atoms with van der Waals surface area (Å²) >= 11 is 0. The van der Waals surface area contributed by atoms with Gasteiger partial charge >= 0.3 is 10.4 Å². The molecule has 2 atom stereocenters. The van der Waals surface area contributed by atoms with Crippen LogP contribution in [0.4, 0.5) is 0 Å². The number of aliphatic hydroxyl groups is 1. The van der Waals surface area contributed by atoms with E-state index in [9.17, 15) is 43.9 Å². The SMILES string of the molecule is O=C1c2c(cc(O)c(O)c2O)OC(c2cc(O)c(OS(=O)(=O)O)c(O)c2)C1O. The van der Waals surface area contributed by atoms with Crippen LogP contribution in [0, 0.1) is 0 Å². The summed E-state index contributed by atoms with van der Waals surface area (Å²) in [5.74, 6) is -7.30.